The maximum absolute atomic E-state index is 11.4. The maximum Gasteiger partial charge on any atom is 0.337 e. The number of aryl methyl sites for hydroxylation is 1. The monoisotopic (exact) mass is 277 g/mol. The fourth-order valence-corrected chi connectivity index (χ4v) is 2.30. The van der Waals surface area contributed by atoms with Crippen LogP contribution in [0.15, 0.2) is 18.3 Å². The number of methoxy groups -OCH3 is 2. The van der Waals surface area contributed by atoms with Gasteiger partial charge in [0.05, 0.1) is 25.3 Å². The van der Waals surface area contributed by atoms with Crippen molar-refractivity contribution in [1.29, 1.82) is 0 Å². The minimum Gasteiger partial charge on any atom is -0.493 e. The lowest BCUT2D eigenvalue weighted by molar-refractivity contribution is 0.0699. The van der Waals surface area contributed by atoms with E-state index in [1.807, 2.05) is 10.6 Å². The topological polar surface area (TPSA) is 60.7 Å². The molecule has 5 nitrogen and oxygen atoms in total. The van der Waals surface area contributed by atoms with Crippen molar-refractivity contribution in [1.82, 2.24) is 4.57 Å². The largest absolute Gasteiger partial charge is 0.493 e. The summed E-state index contributed by atoms with van der Waals surface area (Å²) in [5, 5.41) is 10.00. The van der Waals surface area contributed by atoms with Gasteiger partial charge in [0.1, 0.15) is 0 Å². The summed E-state index contributed by atoms with van der Waals surface area (Å²) in [6.45, 7) is 2.89. The lowest BCUT2D eigenvalue weighted by Gasteiger charge is -2.09. The van der Waals surface area contributed by atoms with Gasteiger partial charge in [-0.3, -0.25) is 0 Å². The van der Waals surface area contributed by atoms with Crippen LogP contribution >= 0.6 is 0 Å². The summed E-state index contributed by atoms with van der Waals surface area (Å²) < 4.78 is 12.5. The van der Waals surface area contributed by atoms with E-state index in [0.717, 1.165) is 24.9 Å². The number of rotatable bonds is 6. The molecule has 1 heterocycles. The average Bonchev–Trinajstić information content (AvgIpc) is 2.81. The van der Waals surface area contributed by atoms with Crippen LogP contribution in [0.5, 0.6) is 11.5 Å². The Labute approximate surface area is 117 Å². The Morgan fingerprint density at radius 1 is 1.25 bits per heavy atom. The molecule has 0 saturated heterocycles. The molecular formula is C15H19NO4. The summed E-state index contributed by atoms with van der Waals surface area (Å²) in [6, 6.07) is 3.55. The number of ether oxygens (including phenoxy) is 2. The average molecular weight is 277 g/mol. The predicted molar refractivity (Wildman–Crippen MR) is 76.9 cm³/mol. The van der Waals surface area contributed by atoms with Crippen molar-refractivity contribution in [2.45, 2.75) is 26.3 Å². The van der Waals surface area contributed by atoms with Crippen LogP contribution < -0.4 is 9.47 Å². The maximum atomic E-state index is 11.4. The van der Waals surface area contributed by atoms with Gasteiger partial charge in [-0.05, 0) is 12.5 Å². The molecule has 0 saturated carbocycles. The van der Waals surface area contributed by atoms with Gasteiger partial charge in [0.2, 0.25) is 0 Å². The Bertz CT molecular complexity index is 630. The molecule has 0 aliphatic rings. The number of carboxylic acid groups (broad SMARTS) is 1. The SMILES string of the molecule is CCCCn1cc(C(=O)O)c2cc(OC)c(OC)cc21. The molecule has 0 atom stereocenters. The van der Waals surface area contributed by atoms with Crippen molar-refractivity contribution >= 4 is 16.9 Å². The molecule has 20 heavy (non-hydrogen) atoms. The molecule has 5 heteroatoms. The van der Waals surface area contributed by atoms with E-state index in [1.165, 1.54) is 7.11 Å². The molecule has 0 fully saturated rings. The normalized spacial score (nSPS) is 10.8. The Balaban J connectivity index is 2.66. The zero-order valence-corrected chi connectivity index (χ0v) is 12.0. The number of benzene rings is 1. The third-order valence-corrected chi connectivity index (χ3v) is 3.37. The third-order valence-electron chi connectivity index (χ3n) is 3.37. The minimum atomic E-state index is -0.933. The summed E-state index contributed by atoms with van der Waals surface area (Å²) >= 11 is 0. The highest BCUT2D eigenvalue weighted by atomic mass is 16.5. The fraction of sp³-hybridized carbons (Fsp3) is 0.400. The number of nitrogens with zero attached hydrogens (tertiary/aromatic N) is 1. The van der Waals surface area contributed by atoms with Gasteiger partial charge in [-0.25, -0.2) is 4.79 Å². The van der Waals surface area contributed by atoms with Crippen LogP contribution in [0.25, 0.3) is 10.9 Å². The lowest BCUT2D eigenvalue weighted by atomic mass is 10.1. The molecule has 1 aromatic carbocycles. The molecule has 0 aliphatic heterocycles. The third kappa shape index (κ3) is 2.43. The summed E-state index contributed by atoms with van der Waals surface area (Å²) in [5.74, 6) is 0.209. The molecule has 0 bridgehead atoms. The first kappa shape index (κ1) is 14.2. The van der Waals surface area contributed by atoms with Gasteiger partial charge in [0, 0.05) is 24.2 Å². The second-order valence-corrected chi connectivity index (χ2v) is 4.62. The number of carboxylic acids is 1. The van der Waals surface area contributed by atoms with Gasteiger partial charge in [-0.1, -0.05) is 13.3 Å². The zero-order valence-electron chi connectivity index (χ0n) is 12.0. The van der Waals surface area contributed by atoms with Gasteiger partial charge in [-0.2, -0.15) is 0 Å². The number of carbonyl (C=O) groups is 1. The van der Waals surface area contributed by atoms with E-state index < -0.39 is 5.97 Å². The smallest absolute Gasteiger partial charge is 0.337 e. The van der Waals surface area contributed by atoms with Crippen LogP contribution in [0.4, 0.5) is 0 Å². The predicted octanol–water partition coefficient (Wildman–Crippen LogP) is 3.16. The van der Waals surface area contributed by atoms with E-state index in [1.54, 1.807) is 19.4 Å². The van der Waals surface area contributed by atoms with E-state index in [0.29, 0.717) is 16.9 Å². The lowest BCUT2D eigenvalue weighted by Crippen LogP contribution is -1.97. The molecule has 2 aromatic rings. The highest BCUT2D eigenvalue weighted by Crippen LogP contribution is 2.34. The first-order valence-electron chi connectivity index (χ1n) is 6.60. The molecular weight excluding hydrogens is 258 g/mol. The molecule has 0 radical (unpaired) electrons. The zero-order chi connectivity index (χ0) is 14.7. The standard InChI is InChI=1S/C15H19NO4/c1-4-5-6-16-9-11(15(17)18)10-7-13(19-2)14(20-3)8-12(10)16/h7-9H,4-6H2,1-3H3,(H,17,18). The molecule has 1 aromatic heterocycles. The van der Waals surface area contributed by atoms with Crippen molar-refractivity contribution in [3.8, 4) is 11.5 Å². The van der Waals surface area contributed by atoms with Crippen LogP contribution in [-0.4, -0.2) is 29.9 Å². The number of unbranched alkanes of at least 4 members (excludes halogenated alkanes) is 1. The summed E-state index contributed by atoms with van der Waals surface area (Å²) in [5.41, 5.74) is 1.14. The van der Waals surface area contributed by atoms with Crippen LogP contribution in [0.2, 0.25) is 0 Å². The highest BCUT2D eigenvalue weighted by Gasteiger charge is 2.17. The second-order valence-electron chi connectivity index (χ2n) is 4.62. The van der Waals surface area contributed by atoms with Crippen molar-refractivity contribution in [2.24, 2.45) is 0 Å². The van der Waals surface area contributed by atoms with Crippen molar-refractivity contribution in [2.75, 3.05) is 14.2 Å². The van der Waals surface area contributed by atoms with Gasteiger partial charge in [0.15, 0.2) is 11.5 Å². The Kier molecular flexibility index (Phi) is 4.17. The van der Waals surface area contributed by atoms with E-state index in [4.69, 9.17) is 9.47 Å². The quantitative estimate of drug-likeness (QED) is 0.881. The van der Waals surface area contributed by atoms with Crippen LogP contribution in [0, 0.1) is 0 Å². The molecule has 0 amide bonds. The minimum absolute atomic E-state index is 0.289. The van der Waals surface area contributed by atoms with E-state index in [2.05, 4.69) is 6.92 Å². The molecule has 0 aliphatic carbocycles. The molecule has 2 rings (SSSR count). The van der Waals surface area contributed by atoms with Crippen molar-refractivity contribution in [3.05, 3.63) is 23.9 Å². The summed E-state index contributed by atoms with van der Waals surface area (Å²) in [6.07, 6.45) is 3.73. The number of hydrogen-bond acceptors (Lipinski definition) is 3. The fourth-order valence-electron chi connectivity index (χ4n) is 2.30. The van der Waals surface area contributed by atoms with Crippen LogP contribution in [0.3, 0.4) is 0 Å². The summed E-state index contributed by atoms with van der Waals surface area (Å²) in [7, 11) is 3.11. The van der Waals surface area contributed by atoms with Gasteiger partial charge >= 0.3 is 5.97 Å². The summed E-state index contributed by atoms with van der Waals surface area (Å²) in [4.78, 5) is 11.4. The Morgan fingerprint density at radius 2 is 1.90 bits per heavy atom. The van der Waals surface area contributed by atoms with E-state index >= 15 is 0 Å². The first-order chi connectivity index (χ1) is 9.62. The highest BCUT2D eigenvalue weighted by molar-refractivity contribution is 6.04. The molecule has 0 unspecified atom stereocenters. The Morgan fingerprint density at radius 3 is 2.45 bits per heavy atom. The number of hydrogen-bond donors (Lipinski definition) is 1. The number of fused-ring (bicyclic) bond motifs is 1. The van der Waals surface area contributed by atoms with E-state index in [-0.39, 0.29) is 5.56 Å². The number of aromatic nitrogens is 1. The van der Waals surface area contributed by atoms with Gasteiger partial charge in [0.25, 0.3) is 0 Å². The second kappa shape index (κ2) is 5.86. The molecule has 1 N–H and O–H groups in total. The molecule has 108 valence electrons. The Hall–Kier alpha value is -2.17. The van der Waals surface area contributed by atoms with Gasteiger partial charge < -0.3 is 19.1 Å². The van der Waals surface area contributed by atoms with Crippen LogP contribution in [0.1, 0.15) is 30.1 Å². The molecule has 0 spiro atoms. The van der Waals surface area contributed by atoms with Crippen molar-refractivity contribution in [3.63, 3.8) is 0 Å². The van der Waals surface area contributed by atoms with Crippen LogP contribution in [-0.2, 0) is 6.54 Å². The van der Waals surface area contributed by atoms with E-state index in [9.17, 15) is 9.90 Å². The van der Waals surface area contributed by atoms with Gasteiger partial charge in [-0.15, -0.1) is 0 Å². The van der Waals surface area contributed by atoms with Crippen molar-refractivity contribution < 1.29 is 19.4 Å². The number of aromatic carboxylic acids is 1. The first-order valence-corrected chi connectivity index (χ1v) is 6.60.